The third-order valence-electron chi connectivity index (χ3n) is 10.1. The van der Waals surface area contributed by atoms with Crippen molar-refractivity contribution in [2.24, 2.45) is 0 Å². The smallest absolute Gasteiger partial charge is 0.497 e. The Morgan fingerprint density at radius 1 is 0.519 bits per heavy atom. The van der Waals surface area contributed by atoms with Gasteiger partial charge in [-0.25, -0.2) is 4.98 Å². The Morgan fingerprint density at radius 3 is 1.69 bits per heavy atom. The number of aromatic nitrogens is 6. The minimum absolute atomic E-state index is 0. The molecule has 0 saturated heterocycles. The number of ether oxygens (including phenoxy) is 1. The second kappa shape index (κ2) is 12.1. The summed E-state index contributed by atoms with van der Waals surface area (Å²) in [6, 6.07) is 32.8. The van der Waals surface area contributed by atoms with E-state index >= 15 is 0 Å². The summed E-state index contributed by atoms with van der Waals surface area (Å²) in [6.07, 6.45) is 10.9. The van der Waals surface area contributed by atoms with E-state index in [1.807, 2.05) is 41.2 Å². The maximum absolute atomic E-state index is 6.48. The molecule has 0 saturated carbocycles. The third kappa shape index (κ3) is 4.76. The Hall–Kier alpha value is -5.91. The van der Waals surface area contributed by atoms with Crippen LogP contribution in [0.15, 0.2) is 110 Å². The van der Waals surface area contributed by atoms with Gasteiger partial charge in [-0.05, 0) is 83.7 Å². The third-order valence-corrected chi connectivity index (χ3v) is 10.1. The zero-order valence-corrected chi connectivity index (χ0v) is 31.1. The van der Waals surface area contributed by atoms with Gasteiger partial charge in [-0.1, -0.05) is 88.3 Å². The molecule has 252 valence electrons. The van der Waals surface area contributed by atoms with Crippen LogP contribution in [0.1, 0.15) is 22.3 Å². The zero-order chi connectivity index (χ0) is 34.4. The predicted octanol–water partition coefficient (Wildman–Crippen LogP) is 10.3. The van der Waals surface area contributed by atoms with Gasteiger partial charge in [0.05, 0.1) is 16.8 Å². The standard InChI is InChI=1S/C44H30N6O.Pt/c1-25-7-5-8-26(2)39(25)34-23-33-31-13-11-29(51-30-12-14-32-37(22-30)43-48-18-20-50(43)44-41(32)45-15-16-46-44)21-36(31)42-47-17-19-49(42)38(33)24-35(34)40-27(3)9-6-10-28(40)4;/h5-20,23-24H,1-4H3;/q-2;+2. The molecule has 52 heavy (non-hydrogen) atoms. The number of nitrogens with zero attached hydrogens (tertiary/aromatic N) is 6. The number of imidazole rings is 2. The molecule has 8 heteroatoms. The molecule has 5 heterocycles. The average Bonchev–Trinajstić information content (AvgIpc) is 3.84. The molecule has 0 aliphatic rings. The number of fused-ring (bicyclic) bond motifs is 12. The first-order chi connectivity index (χ1) is 24.9. The molecular formula is C44H30N6OPt. The first kappa shape index (κ1) is 32.0. The monoisotopic (exact) mass is 853 g/mol. The van der Waals surface area contributed by atoms with Crippen LogP contribution < -0.4 is 4.74 Å². The maximum atomic E-state index is 6.48. The van der Waals surface area contributed by atoms with Crippen LogP contribution >= 0.6 is 0 Å². The molecule has 0 spiro atoms. The van der Waals surface area contributed by atoms with E-state index in [9.17, 15) is 0 Å². The van der Waals surface area contributed by atoms with Crippen molar-refractivity contribution < 1.29 is 25.8 Å². The summed E-state index contributed by atoms with van der Waals surface area (Å²) < 4.78 is 10.6. The summed E-state index contributed by atoms with van der Waals surface area (Å²) in [5, 5.41) is 4.79. The molecule has 0 fully saturated rings. The minimum atomic E-state index is 0. The molecule has 10 rings (SSSR count). The largest absolute Gasteiger partial charge is 2.00 e. The van der Waals surface area contributed by atoms with Gasteiger partial charge < -0.3 is 13.5 Å². The molecule has 10 aromatic rings. The molecule has 7 nitrogen and oxygen atoms in total. The second-order valence-corrected chi connectivity index (χ2v) is 13.2. The molecule has 0 unspecified atom stereocenters. The average molecular weight is 854 g/mol. The fraction of sp³-hybridized carbons (Fsp3) is 0.0909. The van der Waals surface area contributed by atoms with Crippen molar-refractivity contribution >= 4 is 54.9 Å². The van der Waals surface area contributed by atoms with Crippen molar-refractivity contribution in [3.05, 3.63) is 144 Å². The number of benzene rings is 5. The van der Waals surface area contributed by atoms with E-state index in [4.69, 9.17) is 9.72 Å². The Labute approximate surface area is 313 Å². The Bertz CT molecular complexity index is 3030. The SMILES string of the molecule is Cc1cccc(C)c1-c1cc2c3ccc(Oc4[c-]c5c(cc4)c4nccnc4n4ccnc54)[c-]c3c3nccn3c2cc1-c1c(C)cccc1C.[Pt+2]. The first-order valence-corrected chi connectivity index (χ1v) is 17.0. The van der Waals surface area contributed by atoms with Crippen molar-refractivity contribution in [2.45, 2.75) is 27.7 Å². The van der Waals surface area contributed by atoms with Crippen LogP contribution in [0, 0.1) is 39.8 Å². The fourth-order valence-corrected chi connectivity index (χ4v) is 7.90. The van der Waals surface area contributed by atoms with Crippen molar-refractivity contribution in [1.29, 1.82) is 0 Å². The molecule has 0 bridgehead atoms. The summed E-state index contributed by atoms with van der Waals surface area (Å²) in [6.45, 7) is 8.80. The number of aryl methyl sites for hydroxylation is 4. The molecule has 0 N–H and O–H groups in total. The number of hydrogen-bond acceptors (Lipinski definition) is 5. The van der Waals surface area contributed by atoms with Gasteiger partial charge in [0.25, 0.3) is 0 Å². The minimum Gasteiger partial charge on any atom is -0.497 e. The van der Waals surface area contributed by atoms with Crippen LogP contribution in [0.2, 0.25) is 0 Å². The Morgan fingerprint density at radius 2 is 1.04 bits per heavy atom. The van der Waals surface area contributed by atoms with Crippen LogP contribution in [-0.2, 0) is 21.1 Å². The quantitative estimate of drug-likeness (QED) is 0.130. The van der Waals surface area contributed by atoms with E-state index in [-0.39, 0.29) is 21.1 Å². The number of pyridine rings is 2. The van der Waals surface area contributed by atoms with Gasteiger partial charge in [-0.3, -0.25) is 15.0 Å². The molecule has 5 aromatic carbocycles. The second-order valence-electron chi connectivity index (χ2n) is 13.2. The topological polar surface area (TPSA) is 69.6 Å². The van der Waals surface area contributed by atoms with Crippen LogP contribution in [0.5, 0.6) is 11.5 Å². The van der Waals surface area contributed by atoms with Crippen LogP contribution in [0.3, 0.4) is 0 Å². The van der Waals surface area contributed by atoms with Gasteiger partial charge in [-0.15, -0.1) is 12.1 Å². The van der Waals surface area contributed by atoms with Gasteiger partial charge in [-0.2, -0.15) is 0 Å². The van der Waals surface area contributed by atoms with Gasteiger partial charge >= 0.3 is 21.1 Å². The maximum Gasteiger partial charge on any atom is 2.00 e. The van der Waals surface area contributed by atoms with E-state index in [1.165, 1.54) is 44.5 Å². The van der Waals surface area contributed by atoms with Crippen LogP contribution in [0.4, 0.5) is 0 Å². The van der Waals surface area contributed by atoms with Gasteiger partial charge in [0.2, 0.25) is 0 Å². The Balaban J connectivity index is 0.00000360. The summed E-state index contributed by atoms with van der Waals surface area (Å²) >= 11 is 0. The summed E-state index contributed by atoms with van der Waals surface area (Å²) in [5.74, 6) is 1.13. The molecule has 0 amide bonds. The molecule has 0 atom stereocenters. The van der Waals surface area contributed by atoms with E-state index in [0.717, 1.165) is 54.9 Å². The van der Waals surface area contributed by atoms with Crippen LogP contribution in [-0.4, -0.2) is 28.7 Å². The summed E-state index contributed by atoms with van der Waals surface area (Å²) in [5.41, 5.74) is 14.1. The molecule has 0 radical (unpaired) electrons. The molecular weight excluding hydrogens is 824 g/mol. The molecule has 0 aliphatic carbocycles. The fourth-order valence-electron chi connectivity index (χ4n) is 7.90. The van der Waals surface area contributed by atoms with Crippen molar-refractivity contribution in [1.82, 2.24) is 28.7 Å². The van der Waals surface area contributed by atoms with Crippen molar-refractivity contribution in [3.63, 3.8) is 0 Å². The van der Waals surface area contributed by atoms with Gasteiger partial charge in [0.15, 0.2) is 0 Å². The predicted molar refractivity (Wildman–Crippen MR) is 204 cm³/mol. The summed E-state index contributed by atoms with van der Waals surface area (Å²) in [4.78, 5) is 18.6. The van der Waals surface area contributed by atoms with Gasteiger partial charge in [0.1, 0.15) is 5.65 Å². The first-order valence-electron chi connectivity index (χ1n) is 17.0. The van der Waals surface area contributed by atoms with Crippen LogP contribution in [0.25, 0.3) is 77.2 Å². The van der Waals surface area contributed by atoms with Crippen molar-refractivity contribution in [3.8, 4) is 33.8 Å². The number of rotatable bonds is 4. The summed E-state index contributed by atoms with van der Waals surface area (Å²) in [7, 11) is 0. The number of hydrogen-bond donors (Lipinski definition) is 0. The van der Waals surface area contributed by atoms with Gasteiger partial charge in [0, 0.05) is 54.2 Å². The van der Waals surface area contributed by atoms with E-state index < -0.39 is 0 Å². The zero-order valence-electron chi connectivity index (χ0n) is 28.8. The normalized spacial score (nSPS) is 11.7. The van der Waals surface area contributed by atoms with E-state index in [2.05, 4.69) is 114 Å². The van der Waals surface area contributed by atoms with E-state index in [0.29, 0.717) is 11.5 Å². The Kier molecular flexibility index (Phi) is 7.46. The molecule has 5 aromatic heterocycles. The van der Waals surface area contributed by atoms with E-state index in [1.54, 1.807) is 18.6 Å². The van der Waals surface area contributed by atoms with Crippen molar-refractivity contribution in [2.75, 3.05) is 0 Å². The molecule has 0 aliphatic heterocycles.